The number of fused-ring (bicyclic) bond motifs is 2. The van der Waals surface area contributed by atoms with Gasteiger partial charge in [0.15, 0.2) is 0 Å². The highest BCUT2D eigenvalue weighted by atomic mass is 32.1. The highest BCUT2D eigenvalue weighted by Gasteiger charge is 2.55. The molecule has 0 N–H and O–H groups in total. The molecule has 0 aliphatic carbocycles. The molecule has 4 fully saturated rings. The summed E-state index contributed by atoms with van der Waals surface area (Å²) in [5.41, 5.74) is 1.34. The first kappa shape index (κ1) is 20.5. The molecule has 4 aliphatic rings. The van der Waals surface area contributed by atoms with Crippen molar-refractivity contribution in [2.24, 2.45) is 5.92 Å². The Morgan fingerprint density at radius 2 is 1.94 bits per heavy atom. The summed E-state index contributed by atoms with van der Waals surface area (Å²) in [4.78, 5) is 32.6. The molecule has 164 valence electrons. The van der Waals surface area contributed by atoms with Crippen LogP contribution in [0.2, 0.25) is 0 Å². The van der Waals surface area contributed by atoms with Gasteiger partial charge in [0, 0.05) is 36.0 Å². The molecule has 1 aromatic heterocycles. The van der Waals surface area contributed by atoms with E-state index < -0.39 is 0 Å². The minimum Gasteiger partial charge on any atom is -0.439 e. The van der Waals surface area contributed by atoms with Crippen LogP contribution in [-0.2, 0) is 4.74 Å². The van der Waals surface area contributed by atoms with E-state index in [4.69, 9.17) is 4.74 Å². The van der Waals surface area contributed by atoms with E-state index in [1.165, 1.54) is 0 Å². The summed E-state index contributed by atoms with van der Waals surface area (Å²) in [5.74, 6) is 0.518. The van der Waals surface area contributed by atoms with E-state index >= 15 is 0 Å². The quantitative estimate of drug-likeness (QED) is 0.696. The predicted molar refractivity (Wildman–Crippen MR) is 123 cm³/mol. The molecule has 1 spiro atoms. The smallest absolute Gasteiger partial charge is 0.415 e. The van der Waals surface area contributed by atoms with Gasteiger partial charge in [-0.15, -0.1) is 11.3 Å². The number of benzene rings is 1. The number of carbonyl (C=O) groups is 2. The molecule has 6 nitrogen and oxygen atoms in total. The van der Waals surface area contributed by atoms with Crippen molar-refractivity contribution in [3.8, 4) is 10.4 Å². The first-order valence-corrected chi connectivity index (χ1v) is 12.1. The first-order chi connectivity index (χ1) is 15.0. The Morgan fingerprint density at radius 1 is 1.16 bits per heavy atom. The molecule has 6 rings (SSSR count). The minimum atomic E-state index is -0.353. The van der Waals surface area contributed by atoms with Crippen LogP contribution < -0.4 is 4.90 Å². The van der Waals surface area contributed by atoms with E-state index in [0.29, 0.717) is 31.1 Å². The number of thiophene rings is 1. The van der Waals surface area contributed by atoms with Crippen molar-refractivity contribution in [1.29, 1.82) is 0 Å². The van der Waals surface area contributed by atoms with Crippen molar-refractivity contribution >= 4 is 28.3 Å². The molecule has 2 bridgehead atoms. The zero-order valence-electron chi connectivity index (χ0n) is 18.2. The second kappa shape index (κ2) is 7.95. The molecule has 1 aromatic carbocycles. The Bertz CT molecular complexity index is 993. The van der Waals surface area contributed by atoms with Crippen molar-refractivity contribution in [3.05, 3.63) is 42.0 Å². The van der Waals surface area contributed by atoms with E-state index in [9.17, 15) is 9.59 Å². The average Bonchev–Trinajstić information content (AvgIpc) is 3.40. The number of rotatable bonds is 5. The normalized spacial score (nSPS) is 27.0. The van der Waals surface area contributed by atoms with Gasteiger partial charge in [-0.05, 0) is 69.6 Å². The summed E-state index contributed by atoms with van der Waals surface area (Å²) in [6.45, 7) is 9.11. The van der Waals surface area contributed by atoms with E-state index in [-0.39, 0.29) is 17.6 Å². The van der Waals surface area contributed by atoms with Gasteiger partial charge in [0.05, 0.1) is 6.54 Å². The van der Waals surface area contributed by atoms with E-state index in [1.54, 1.807) is 16.2 Å². The van der Waals surface area contributed by atoms with Gasteiger partial charge in [-0.25, -0.2) is 4.79 Å². The Labute approximate surface area is 187 Å². The fourth-order valence-corrected chi connectivity index (χ4v) is 6.30. The van der Waals surface area contributed by atoms with Crippen molar-refractivity contribution in [3.63, 3.8) is 0 Å². The molecule has 5 heterocycles. The first-order valence-electron chi connectivity index (χ1n) is 11.3. The van der Waals surface area contributed by atoms with Crippen LogP contribution in [0.3, 0.4) is 0 Å². The lowest BCUT2D eigenvalue weighted by molar-refractivity contribution is -0.0881. The topological polar surface area (TPSA) is 53.1 Å². The maximum atomic E-state index is 12.8. The van der Waals surface area contributed by atoms with Gasteiger partial charge in [-0.3, -0.25) is 14.6 Å². The van der Waals surface area contributed by atoms with Crippen molar-refractivity contribution in [2.45, 2.75) is 32.3 Å². The fourth-order valence-electron chi connectivity index (χ4n) is 5.31. The number of carbonyl (C=O) groups excluding carboxylic acids is 2. The van der Waals surface area contributed by atoms with Crippen LogP contribution in [0.1, 0.15) is 37.0 Å². The van der Waals surface area contributed by atoms with Gasteiger partial charge in [0.2, 0.25) is 0 Å². The third-order valence-electron chi connectivity index (χ3n) is 7.06. The third-order valence-corrected chi connectivity index (χ3v) is 8.22. The molecule has 0 radical (unpaired) electrons. The van der Waals surface area contributed by atoms with Gasteiger partial charge in [0.25, 0.3) is 5.91 Å². The van der Waals surface area contributed by atoms with Crippen LogP contribution in [0, 0.1) is 5.92 Å². The molecular formula is C24H29N3O3S. The highest BCUT2D eigenvalue weighted by Crippen LogP contribution is 2.45. The summed E-state index contributed by atoms with van der Waals surface area (Å²) in [7, 11) is 0. The number of hydrogen-bond donors (Lipinski definition) is 0. The number of piperidine rings is 3. The number of nitrogens with zero attached hydrogens (tertiary/aromatic N) is 3. The van der Waals surface area contributed by atoms with Crippen LogP contribution in [-0.4, -0.2) is 66.7 Å². The molecule has 0 saturated carbocycles. The maximum absolute atomic E-state index is 12.8. The molecule has 4 saturated heterocycles. The standard InChI is InChI=1S/C24H29N3O3S/c1-3-26(4-2)22(28)18-7-5-6-17(14-18)20-8-9-21(31-20)27-16-24(30-23(27)29)15-25-12-10-19(24)11-13-25/h5-9,14,19H,3-4,10-13,15-16H2,1-2H3. The molecular weight excluding hydrogens is 410 g/mol. The third kappa shape index (κ3) is 3.53. The lowest BCUT2D eigenvalue weighted by Crippen LogP contribution is -2.61. The zero-order valence-corrected chi connectivity index (χ0v) is 19.0. The second-order valence-corrected chi connectivity index (χ2v) is 9.83. The highest BCUT2D eigenvalue weighted by molar-refractivity contribution is 7.19. The lowest BCUT2D eigenvalue weighted by Gasteiger charge is -2.49. The summed E-state index contributed by atoms with van der Waals surface area (Å²) in [6, 6.07) is 11.8. The monoisotopic (exact) mass is 439 g/mol. The van der Waals surface area contributed by atoms with E-state index in [1.807, 2.05) is 55.1 Å². The summed E-state index contributed by atoms with van der Waals surface area (Å²) in [6.07, 6.45) is 2.00. The number of hydrogen-bond acceptors (Lipinski definition) is 5. The van der Waals surface area contributed by atoms with Crippen LogP contribution in [0.25, 0.3) is 10.4 Å². The van der Waals surface area contributed by atoms with Crippen LogP contribution >= 0.6 is 11.3 Å². The maximum Gasteiger partial charge on any atom is 0.415 e. The Morgan fingerprint density at radius 3 is 2.61 bits per heavy atom. The predicted octanol–water partition coefficient (Wildman–Crippen LogP) is 4.32. The van der Waals surface area contributed by atoms with Crippen molar-refractivity contribution in [1.82, 2.24) is 9.80 Å². The largest absolute Gasteiger partial charge is 0.439 e. The lowest BCUT2D eigenvalue weighted by atomic mass is 9.75. The van der Waals surface area contributed by atoms with E-state index in [0.717, 1.165) is 47.9 Å². The Hall–Kier alpha value is -2.38. The fraction of sp³-hybridized carbons (Fsp3) is 0.500. The molecule has 7 heteroatoms. The van der Waals surface area contributed by atoms with Gasteiger partial charge in [0.1, 0.15) is 10.6 Å². The van der Waals surface area contributed by atoms with Crippen LogP contribution in [0.5, 0.6) is 0 Å². The average molecular weight is 440 g/mol. The number of anilines is 1. The SMILES string of the molecule is CCN(CC)C(=O)c1cccc(-c2ccc(N3CC4(CN5CCC4CC5)OC3=O)s2)c1. The molecule has 1 atom stereocenters. The summed E-state index contributed by atoms with van der Waals surface area (Å²) < 4.78 is 6.01. The van der Waals surface area contributed by atoms with Gasteiger partial charge in [-0.2, -0.15) is 0 Å². The number of ether oxygens (including phenoxy) is 1. The summed E-state index contributed by atoms with van der Waals surface area (Å²) >= 11 is 1.58. The summed E-state index contributed by atoms with van der Waals surface area (Å²) in [5, 5.41) is 0.911. The molecule has 1 unspecified atom stereocenters. The van der Waals surface area contributed by atoms with Crippen molar-refractivity contribution < 1.29 is 14.3 Å². The number of amides is 2. The van der Waals surface area contributed by atoms with Crippen LogP contribution in [0.4, 0.5) is 9.80 Å². The molecule has 2 aromatic rings. The van der Waals surface area contributed by atoms with E-state index in [2.05, 4.69) is 4.90 Å². The Kier molecular flexibility index (Phi) is 5.26. The van der Waals surface area contributed by atoms with Gasteiger partial charge < -0.3 is 9.64 Å². The van der Waals surface area contributed by atoms with Crippen molar-refractivity contribution in [2.75, 3.05) is 44.2 Å². The molecule has 2 amide bonds. The Balaban J connectivity index is 1.37. The zero-order chi connectivity index (χ0) is 21.6. The van der Waals surface area contributed by atoms with Gasteiger partial charge in [-0.1, -0.05) is 12.1 Å². The second-order valence-electron chi connectivity index (χ2n) is 8.77. The minimum absolute atomic E-state index is 0.0519. The van der Waals surface area contributed by atoms with Gasteiger partial charge >= 0.3 is 6.09 Å². The molecule has 31 heavy (non-hydrogen) atoms. The van der Waals surface area contributed by atoms with Crippen LogP contribution in [0.15, 0.2) is 36.4 Å². The molecule has 4 aliphatic heterocycles.